The van der Waals surface area contributed by atoms with Crippen molar-refractivity contribution in [3.8, 4) is 0 Å². The molecule has 0 aliphatic rings. The van der Waals surface area contributed by atoms with Crippen molar-refractivity contribution in [1.29, 1.82) is 0 Å². The Balaban J connectivity index is -0.000000115. The van der Waals surface area contributed by atoms with Gasteiger partial charge < -0.3 is 25.0 Å². The molecule has 0 amide bonds. The topological polar surface area (TPSA) is 150 Å². The maximum absolute atomic E-state index is 9.82. The maximum Gasteiger partial charge on any atom is 1.00 e. The first-order valence-corrected chi connectivity index (χ1v) is 6.30. The molecule has 0 aromatic rings. The molecule has 0 aliphatic carbocycles. The second-order valence-corrected chi connectivity index (χ2v) is 3.66. The zero-order chi connectivity index (χ0) is 16.4. The molecule has 0 saturated heterocycles. The van der Waals surface area contributed by atoms with Gasteiger partial charge in [-0.3, -0.25) is 4.79 Å². The van der Waals surface area contributed by atoms with E-state index in [0.29, 0.717) is 6.42 Å². The minimum Gasteiger partial charge on any atom is -0.550 e. The van der Waals surface area contributed by atoms with Gasteiger partial charge in [-0.2, -0.15) is 0 Å². The van der Waals surface area contributed by atoms with Crippen molar-refractivity contribution in [2.45, 2.75) is 25.7 Å². The van der Waals surface area contributed by atoms with Gasteiger partial charge in [0.05, 0.1) is 11.9 Å². The molecular formula is C9H16Cl2KNO8. The number of carbonyl (C=O) groups is 2. The van der Waals surface area contributed by atoms with Crippen molar-refractivity contribution in [3.05, 3.63) is 10.1 Å². The standard InChI is InChI=1S/C4H7NO5.C4H8O3.CH2Cl2.K/c6-4(7)2-1-3-10-5(8)9;5-3-1-2-4(6)7;2-1-3;/h1-3H2,(H,6,7);5H,1-3H2,(H,6,7);1H2;/q;;;+1/p-1. The summed E-state index contributed by atoms with van der Waals surface area (Å²) >= 11 is 9.53. The molecule has 0 rings (SSSR count). The van der Waals surface area contributed by atoms with Crippen LogP contribution in [0.1, 0.15) is 25.7 Å². The first-order chi connectivity index (χ1) is 9.31. The van der Waals surface area contributed by atoms with Crippen LogP contribution in [-0.4, -0.2) is 45.8 Å². The quantitative estimate of drug-likeness (QED) is 0.150. The van der Waals surface area contributed by atoms with Gasteiger partial charge in [0.25, 0.3) is 5.09 Å². The number of carboxylic acids is 2. The molecule has 9 nitrogen and oxygen atoms in total. The molecule has 0 aromatic heterocycles. The third-order valence-electron chi connectivity index (χ3n) is 1.27. The van der Waals surface area contributed by atoms with Crippen LogP contribution in [-0.2, 0) is 14.4 Å². The van der Waals surface area contributed by atoms with Gasteiger partial charge in [0.15, 0.2) is 0 Å². The van der Waals surface area contributed by atoms with E-state index < -0.39 is 17.0 Å². The van der Waals surface area contributed by atoms with Gasteiger partial charge in [0.2, 0.25) is 0 Å². The van der Waals surface area contributed by atoms with Crippen LogP contribution < -0.4 is 56.5 Å². The van der Waals surface area contributed by atoms with Crippen molar-refractivity contribution in [2.24, 2.45) is 0 Å². The first kappa shape index (κ1) is 29.3. The van der Waals surface area contributed by atoms with E-state index in [1.54, 1.807) is 0 Å². The zero-order valence-electron chi connectivity index (χ0n) is 11.5. The molecule has 0 aromatic carbocycles. The van der Waals surface area contributed by atoms with Gasteiger partial charge in [-0.15, -0.1) is 33.3 Å². The van der Waals surface area contributed by atoms with E-state index in [4.69, 9.17) is 33.4 Å². The maximum atomic E-state index is 9.82. The molecular weight excluding hydrogens is 360 g/mol. The molecule has 120 valence electrons. The number of aliphatic hydroxyl groups excluding tert-OH is 1. The van der Waals surface area contributed by atoms with E-state index >= 15 is 0 Å². The number of alkyl halides is 2. The molecule has 0 bridgehead atoms. The summed E-state index contributed by atoms with van der Waals surface area (Å²) in [5.74, 6) is -2.08. The van der Waals surface area contributed by atoms with E-state index in [9.17, 15) is 24.8 Å². The number of halogens is 2. The van der Waals surface area contributed by atoms with Crippen LogP contribution in [0.3, 0.4) is 0 Å². The van der Waals surface area contributed by atoms with Crippen molar-refractivity contribution in [2.75, 3.05) is 18.6 Å². The summed E-state index contributed by atoms with van der Waals surface area (Å²) in [5, 5.41) is 34.3. The Labute approximate surface area is 174 Å². The third-order valence-corrected chi connectivity index (χ3v) is 1.27. The predicted octanol–water partition coefficient (Wildman–Crippen LogP) is -3.01. The minimum atomic E-state index is -1.10. The Morgan fingerprint density at radius 2 is 1.67 bits per heavy atom. The summed E-state index contributed by atoms with van der Waals surface area (Å²) in [5.41, 5.74) is 0. The normalized spacial score (nSPS) is 7.95. The van der Waals surface area contributed by atoms with Crippen molar-refractivity contribution >= 4 is 35.1 Å². The fourth-order valence-corrected chi connectivity index (χ4v) is 0.586. The molecule has 21 heavy (non-hydrogen) atoms. The Bertz CT molecular complexity index is 254. The fourth-order valence-electron chi connectivity index (χ4n) is 0.586. The Hall–Kier alpha value is 0.316. The smallest absolute Gasteiger partial charge is 0.550 e. The number of carbonyl (C=O) groups excluding carboxylic acids is 1. The monoisotopic (exact) mass is 375 g/mol. The average molecular weight is 376 g/mol. The molecule has 0 radical (unpaired) electrons. The number of carboxylic acid groups (broad SMARTS) is 2. The number of aliphatic carboxylic acids is 2. The van der Waals surface area contributed by atoms with E-state index in [1.807, 2.05) is 0 Å². The minimum absolute atomic E-state index is 0. The summed E-state index contributed by atoms with van der Waals surface area (Å²) < 4.78 is 0. The summed E-state index contributed by atoms with van der Waals surface area (Å²) in [6.45, 7) is -0.229. The SMILES string of the molecule is ClCCl.O=C(O)CCCO[N+](=O)[O-].O=C([O-])CCCO.[K+]. The van der Waals surface area contributed by atoms with Crippen LogP contribution >= 0.6 is 23.2 Å². The Morgan fingerprint density at radius 3 is 1.90 bits per heavy atom. The van der Waals surface area contributed by atoms with Crippen LogP contribution in [0.2, 0.25) is 0 Å². The molecule has 0 fully saturated rings. The Kier molecular flexibility index (Phi) is 35.3. The number of nitrogens with zero attached hydrogens (tertiary/aromatic N) is 1. The van der Waals surface area contributed by atoms with Crippen molar-refractivity contribution < 1.29 is 86.2 Å². The molecule has 12 heteroatoms. The van der Waals surface area contributed by atoms with Gasteiger partial charge >= 0.3 is 57.4 Å². The Morgan fingerprint density at radius 1 is 1.19 bits per heavy atom. The second-order valence-electron chi connectivity index (χ2n) is 2.85. The van der Waals surface area contributed by atoms with Gasteiger partial charge in [0, 0.05) is 19.0 Å². The first-order valence-electron chi connectivity index (χ1n) is 5.23. The van der Waals surface area contributed by atoms with Crippen LogP contribution in [0.25, 0.3) is 0 Å². The average Bonchev–Trinajstić information content (AvgIpc) is 2.33. The molecule has 0 spiro atoms. The molecule has 0 heterocycles. The van der Waals surface area contributed by atoms with Gasteiger partial charge in [-0.1, -0.05) is 0 Å². The predicted molar refractivity (Wildman–Crippen MR) is 67.7 cm³/mol. The van der Waals surface area contributed by atoms with Crippen LogP contribution in [0.5, 0.6) is 0 Å². The van der Waals surface area contributed by atoms with Gasteiger partial charge in [-0.05, 0) is 19.3 Å². The molecule has 0 saturated carbocycles. The molecule has 0 aliphatic heterocycles. The molecule has 2 N–H and O–H groups in total. The zero-order valence-corrected chi connectivity index (χ0v) is 16.1. The van der Waals surface area contributed by atoms with Gasteiger partial charge in [0.1, 0.15) is 0 Å². The summed E-state index contributed by atoms with van der Waals surface area (Å²) in [7, 11) is 0. The molecule has 0 unspecified atom stereocenters. The van der Waals surface area contributed by atoms with Crippen LogP contribution in [0.4, 0.5) is 0 Å². The number of rotatable bonds is 8. The summed E-state index contributed by atoms with van der Waals surface area (Å²) in [6, 6.07) is 0. The number of aliphatic hydroxyl groups is 1. The second kappa shape index (κ2) is 25.3. The van der Waals surface area contributed by atoms with E-state index in [2.05, 4.69) is 4.84 Å². The largest absolute Gasteiger partial charge is 1.00 e. The van der Waals surface area contributed by atoms with Crippen molar-refractivity contribution in [3.63, 3.8) is 0 Å². The van der Waals surface area contributed by atoms with Gasteiger partial charge in [-0.25, -0.2) is 0 Å². The number of hydrogen-bond donors (Lipinski definition) is 2. The summed E-state index contributed by atoms with van der Waals surface area (Å²) in [4.78, 5) is 32.7. The summed E-state index contributed by atoms with van der Waals surface area (Å²) in [6.07, 6.45) is 0.309. The van der Waals surface area contributed by atoms with Crippen molar-refractivity contribution in [1.82, 2.24) is 0 Å². The van der Waals surface area contributed by atoms with Crippen LogP contribution in [0, 0.1) is 10.1 Å². The van der Waals surface area contributed by atoms with E-state index in [-0.39, 0.29) is 89.2 Å². The van der Waals surface area contributed by atoms with E-state index in [1.165, 1.54) is 0 Å². The van der Waals surface area contributed by atoms with Crippen LogP contribution in [0.15, 0.2) is 0 Å². The third kappa shape index (κ3) is 53.2. The fraction of sp³-hybridized carbons (Fsp3) is 0.778. The van der Waals surface area contributed by atoms with E-state index in [0.717, 1.165) is 0 Å². The number of hydrogen-bond acceptors (Lipinski definition) is 7. The molecule has 0 atom stereocenters.